The normalized spacial score (nSPS) is 12.7. The molecule has 0 amide bonds. The Hall–Kier alpha value is -0.850. The van der Waals surface area contributed by atoms with Crippen LogP contribution in [0.25, 0.3) is 0 Å². The van der Waals surface area contributed by atoms with Crippen LogP contribution in [0.15, 0.2) is 28.1 Å². The van der Waals surface area contributed by atoms with Crippen molar-refractivity contribution in [3.63, 3.8) is 0 Å². The second-order valence-corrected chi connectivity index (χ2v) is 6.26. The molecule has 0 fully saturated rings. The first-order chi connectivity index (χ1) is 9.51. The number of thiophene rings is 1. The van der Waals surface area contributed by atoms with Crippen LogP contribution in [0, 0.1) is 17.5 Å². The van der Waals surface area contributed by atoms with Gasteiger partial charge in [-0.3, -0.25) is 0 Å². The van der Waals surface area contributed by atoms with E-state index in [0.717, 1.165) is 21.5 Å². The molecule has 2 rings (SSSR count). The van der Waals surface area contributed by atoms with Crippen LogP contribution >= 0.6 is 27.3 Å². The van der Waals surface area contributed by atoms with Gasteiger partial charge < -0.3 is 5.32 Å². The molecule has 1 aromatic heterocycles. The Bertz CT molecular complexity index is 577. The van der Waals surface area contributed by atoms with Crippen molar-refractivity contribution in [1.29, 1.82) is 0 Å². The molecule has 6 heteroatoms. The second-order valence-electron chi connectivity index (χ2n) is 4.34. The van der Waals surface area contributed by atoms with Gasteiger partial charge in [-0.2, -0.15) is 0 Å². The van der Waals surface area contributed by atoms with E-state index in [9.17, 15) is 13.2 Å². The first-order valence-electron chi connectivity index (χ1n) is 6.12. The zero-order valence-corrected chi connectivity index (χ0v) is 13.1. The maximum atomic E-state index is 13.3. The van der Waals surface area contributed by atoms with E-state index >= 15 is 0 Å². The molecule has 108 valence electrons. The second kappa shape index (κ2) is 6.74. The third-order valence-electron chi connectivity index (χ3n) is 2.89. The quantitative estimate of drug-likeness (QED) is 0.750. The van der Waals surface area contributed by atoms with Gasteiger partial charge in [0.2, 0.25) is 0 Å². The van der Waals surface area contributed by atoms with E-state index in [-0.39, 0.29) is 6.04 Å². The van der Waals surface area contributed by atoms with E-state index in [2.05, 4.69) is 21.2 Å². The third kappa shape index (κ3) is 3.62. The lowest BCUT2D eigenvalue weighted by atomic mass is 10.0. The summed E-state index contributed by atoms with van der Waals surface area (Å²) >= 11 is 4.93. The van der Waals surface area contributed by atoms with Crippen LogP contribution in [0.4, 0.5) is 13.2 Å². The summed E-state index contributed by atoms with van der Waals surface area (Å²) in [4.78, 5) is 1.08. The van der Waals surface area contributed by atoms with E-state index < -0.39 is 17.5 Å². The molecule has 0 spiro atoms. The summed E-state index contributed by atoms with van der Waals surface area (Å²) in [6, 6.07) is 3.81. The van der Waals surface area contributed by atoms with Crippen molar-refractivity contribution in [2.45, 2.75) is 19.4 Å². The molecule has 1 N–H and O–H groups in total. The number of halogens is 4. The Kier molecular flexibility index (Phi) is 5.23. The molecular weight excluding hydrogens is 351 g/mol. The molecule has 0 saturated heterocycles. The topological polar surface area (TPSA) is 12.0 Å². The fourth-order valence-corrected chi connectivity index (χ4v) is 3.49. The molecule has 0 aliphatic carbocycles. The number of benzene rings is 1. The molecular formula is C14H13BrF3NS. The molecule has 0 bridgehead atoms. The number of likely N-dealkylation sites (N-methyl/N-ethyl adjacent to an activating group) is 1. The lowest BCUT2D eigenvalue weighted by Crippen LogP contribution is -2.23. The minimum absolute atomic E-state index is 0.254. The Labute approximate surface area is 128 Å². The van der Waals surface area contributed by atoms with E-state index in [1.54, 1.807) is 11.3 Å². The number of hydrogen-bond donors (Lipinski definition) is 1. The largest absolute Gasteiger partial charge is 0.310 e. The molecule has 1 nitrogen and oxygen atoms in total. The summed E-state index contributed by atoms with van der Waals surface area (Å²) in [6.45, 7) is 2.56. The predicted octanol–water partition coefficient (Wildman–Crippen LogP) is 4.82. The smallest absolute Gasteiger partial charge is 0.194 e. The monoisotopic (exact) mass is 363 g/mol. The van der Waals surface area contributed by atoms with Crippen molar-refractivity contribution in [3.05, 3.63) is 55.9 Å². The standard InChI is InChI=1S/C14H13BrF3NS/c1-2-19-13(6-10-5-9(15)7-20-10)8-3-11(16)14(18)12(17)4-8/h3-5,7,13,19H,2,6H2,1H3. The van der Waals surface area contributed by atoms with Gasteiger partial charge in [0.25, 0.3) is 0 Å². The molecule has 1 aromatic carbocycles. The highest BCUT2D eigenvalue weighted by Gasteiger charge is 2.18. The van der Waals surface area contributed by atoms with E-state index in [4.69, 9.17) is 0 Å². The molecule has 1 atom stereocenters. The third-order valence-corrected chi connectivity index (χ3v) is 4.61. The van der Waals surface area contributed by atoms with Crippen molar-refractivity contribution >= 4 is 27.3 Å². The van der Waals surface area contributed by atoms with Crippen LogP contribution < -0.4 is 5.32 Å². The van der Waals surface area contributed by atoms with Crippen LogP contribution in [0.1, 0.15) is 23.4 Å². The molecule has 20 heavy (non-hydrogen) atoms. The number of rotatable bonds is 5. The van der Waals surface area contributed by atoms with Crippen LogP contribution in [-0.4, -0.2) is 6.54 Å². The van der Waals surface area contributed by atoms with E-state index in [0.29, 0.717) is 18.5 Å². The zero-order chi connectivity index (χ0) is 14.7. The van der Waals surface area contributed by atoms with Gasteiger partial charge in [-0.15, -0.1) is 11.3 Å². The minimum Gasteiger partial charge on any atom is -0.310 e. The zero-order valence-electron chi connectivity index (χ0n) is 10.7. The Morgan fingerprint density at radius 1 is 1.20 bits per heavy atom. The summed E-state index contributed by atoms with van der Waals surface area (Å²) in [7, 11) is 0. The molecule has 1 heterocycles. The Balaban J connectivity index is 2.28. The van der Waals surface area contributed by atoms with Crippen molar-refractivity contribution in [3.8, 4) is 0 Å². The van der Waals surface area contributed by atoms with Gasteiger partial charge in [-0.1, -0.05) is 6.92 Å². The van der Waals surface area contributed by atoms with Crippen molar-refractivity contribution < 1.29 is 13.2 Å². The van der Waals surface area contributed by atoms with Gasteiger partial charge in [0, 0.05) is 27.2 Å². The number of hydrogen-bond acceptors (Lipinski definition) is 2. The number of nitrogens with one attached hydrogen (secondary N) is 1. The summed E-state index contributed by atoms with van der Waals surface area (Å²) in [5.41, 5.74) is 0.410. The van der Waals surface area contributed by atoms with Gasteiger partial charge in [0.05, 0.1) is 0 Å². The minimum atomic E-state index is -1.43. The highest BCUT2D eigenvalue weighted by Crippen LogP contribution is 2.27. The fraction of sp³-hybridized carbons (Fsp3) is 0.286. The highest BCUT2D eigenvalue weighted by molar-refractivity contribution is 9.10. The maximum absolute atomic E-state index is 13.3. The first kappa shape index (κ1) is 15.5. The van der Waals surface area contributed by atoms with E-state index in [1.807, 2.05) is 18.4 Å². The van der Waals surface area contributed by atoms with Crippen LogP contribution in [0.2, 0.25) is 0 Å². The van der Waals surface area contributed by atoms with Crippen LogP contribution in [0.5, 0.6) is 0 Å². The molecule has 0 radical (unpaired) electrons. The summed E-state index contributed by atoms with van der Waals surface area (Å²) < 4.78 is 40.7. The highest BCUT2D eigenvalue weighted by atomic mass is 79.9. The predicted molar refractivity (Wildman–Crippen MR) is 78.5 cm³/mol. The Morgan fingerprint density at radius 3 is 2.35 bits per heavy atom. The van der Waals surface area contributed by atoms with Gasteiger partial charge in [0.15, 0.2) is 17.5 Å². The van der Waals surface area contributed by atoms with Gasteiger partial charge >= 0.3 is 0 Å². The molecule has 0 saturated carbocycles. The fourth-order valence-electron chi connectivity index (χ4n) is 1.99. The van der Waals surface area contributed by atoms with Crippen LogP contribution in [-0.2, 0) is 6.42 Å². The first-order valence-corrected chi connectivity index (χ1v) is 7.79. The SMILES string of the molecule is CCNC(Cc1cc(Br)cs1)c1cc(F)c(F)c(F)c1. The maximum Gasteiger partial charge on any atom is 0.194 e. The lowest BCUT2D eigenvalue weighted by molar-refractivity contribution is 0.439. The van der Waals surface area contributed by atoms with Gasteiger partial charge in [-0.25, -0.2) is 13.2 Å². The summed E-state index contributed by atoms with van der Waals surface area (Å²) in [5, 5.41) is 5.11. The Morgan fingerprint density at radius 2 is 1.85 bits per heavy atom. The van der Waals surface area contributed by atoms with Crippen molar-refractivity contribution in [1.82, 2.24) is 5.32 Å². The van der Waals surface area contributed by atoms with Gasteiger partial charge in [-0.05, 0) is 46.2 Å². The van der Waals surface area contributed by atoms with E-state index in [1.165, 1.54) is 0 Å². The lowest BCUT2D eigenvalue weighted by Gasteiger charge is -2.18. The summed E-state index contributed by atoms with van der Waals surface area (Å²) in [6.07, 6.45) is 0.592. The molecule has 0 aliphatic heterocycles. The van der Waals surface area contributed by atoms with Crippen molar-refractivity contribution in [2.75, 3.05) is 6.54 Å². The van der Waals surface area contributed by atoms with Gasteiger partial charge in [0.1, 0.15) is 0 Å². The van der Waals surface area contributed by atoms with Crippen LogP contribution in [0.3, 0.4) is 0 Å². The molecule has 2 aromatic rings. The molecule has 1 unspecified atom stereocenters. The average Bonchev–Trinajstić information content (AvgIpc) is 2.80. The molecule has 0 aliphatic rings. The summed E-state index contributed by atoms with van der Waals surface area (Å²) in [5.74, 6) is -3.74. The average molecular weight is 364 g/mol. The van der Waals surface area contributed by atoms with Crippen molar-refractivity contribution in [2.24, 2.45) is 0 Å².